The molecular formula is C22H25ClN6O3. The molecule has 0 saturated carbocycles. The maximum absolute atomic E-state index is 12.6. The summed E-state index contributed by atoms with van der Waals surface area (Å²) in [4.78, 5) is 39.6. The number of carbonyl (C=O) groups excluding carboxylic acids is 2. The van der Waals surface area contributed by atoms with Crippen LogP contribution in [0.1, 0.15) is 37.2 Å². The van der Waals surface area contributed by atoms with Crippen molar-refractivity contribution < 1.29 is 14.3 Å². The fourth-order valence-electron chi connectivity index (χ4n) is 3.64. The van der Waals surface area contributed by atoms with Crippen molar-refractivity contribution in [3.8, 4) is 5.75 Å². The third kappa shape index (κ3) is 4.99. The average molecular weight is 457 g/mol. The molecule has 32 heavy (non-hydrogen) atoms. The lowest BCUT2D eigenvalue weighted by molar-refractivity contribution is -0.129. The number of amides is 2. The topological polar surface area (TPSA) is 109 Å². The lowest BCUT2D eigenvalue weighted by atomic mass is 10.0. The number of anilines is 2. The van der Waals surface area contributed by atoms with Crippen LogP contribution in [0.25, 0.3) is 0 Å². The molecule has 2 amide bonds. The van der Waals surface area contributed by atoms with Gasteiger partial charge in [-0.3, -0.25) is 14.6 Å². The molecule has 4 rings (SSSR count). The highest BCUT2D eigenvalue weighted by Gasteiger charge is 2.33. The molecule has 0 spiro atoms. The molecule has 168 valence electrons. The largest absolute Gasteiger partial charge is 0.492 e. The molecule has 1 unspecified atom stereocenters. The van der Waals surface area contributed by atoms with Crippen LogP contribution in [0.15, 0.2) is 29.5 Å². The zero-order chi connectivity index (χ0) is 22.5. The Balaban J connectivity index is 1.63. The Morgan fingerprint density at radius 3 is 2.88 bits per heavy atom. The minimum absolute atomic E-state index is 0.0937. The van der Waals surface area contributed by atoms with Gasteiger partial charge in [0.05, 0.1) is 22.9 Å². The molecule has 2 aromatic rings. The van der Waals surface area contributed by atoms with Gasteiger partial charge in [-0.25, -0.2) is 9.97 Å². The first-order chi connectivity index (χ1) is 15.5. The van der Waals surface area contributed by atoms with Crippen molar-refractivity contribution in [2.45, 2.75) is 31.6 Å². The van der Waals surface area contributed by atoms with E-state index in [1.165, 1.54) is 6.33 Å². The van der Waals surface area contributed by atoms with Crippen molar-refractivity contribution >= 4 is 47.0 Å². The van der Waals surface area contributed by atoms with Gasteiger partial charge in [-0.15, -0.1) is 0 Å². The number of nitrogens with zero attached hydrogens (tertiary/aromatic N) is 4. The number of aromatic nitrogens is 2. The predicted molar refractivity (Wildman–Crippen MR) is 123 cm³/mol. The van der Waals surface area contributed by atoms with E-state index in [0.29, 0.717) is 59.8 Å². The van der Waals surface area contributed by atoms with Crippen LogP contribution in [0.5, 0.6) is 5.75 Å². The van der Waals surface area contributed by atoms with Gasteiger partial charge in [0.1, 0.15) is 29.6 Å². The van der Waals surface area contributed by atoms with E-state index in [0.717, 1.165) is 19.3 Å². The Kier molecular flexibility index (Phi) is 6.84. The second kappa shape index (κ2) is 9.95. The number of benzene rings is 1. The molecule has 0 fully saturated rings. The van der Waals surface area contributed by atoms with Gasteiger partial charge in [0.2, 0.25) is 11.8 Å². The van der Waals surface area contributed by atoms with Crippen LogP contribution in [0.4, 0.5) is 17.3 Å². The lowest BCUT2D eigenvalue weighted by Crippen LogP contribution is -2.31. The molecule has 1 aromatic carbocycles. The number of likely N-dealkylation sites (N-methyl/N-ethyl adjacent to an activating group) is 1. The summed E-state index contributed by atoms with van der Waals surface area (Å²) in [5.74, 6) is 0.766. The van der Waals surface area contributed by atoms with Gasteiger partial charge < -0.3 is 20.3 Å². The Bertz CT molecular complexity index is 1040. The second-order valence-corrected chi connectivity index (χ2v) is 8.15. The van der Waals surface area contributed by atoms with Gasteiger partial charge in [-0.2, -0.15) is 0 Å². The van der Waals surface area contributed by atoms with Crippen molar-refractivity contribution in [3.05, 3.63) is 35.1 Å². The number of nitrogens with one attached hydrogen (secondary N) is 2. The number of rotatable bonds is 0. The van der Waals surface area contributed by atoms with E-state index in [9.17, 15) is 9.59 Å². The molecule has 3 heterocycles. The highest BCUT2D eigenvalue weighted by Crippen LogP contribution is 2.35. The molecule has 2 aliphatic heterocycles. The average Bonchev–Trinajstić information content (AvgIpc) is 3.11. The Morgan fingerprint density at radius 2 is 2.00 bits per heavy atom. The third-order valence-electron chi connectivity index (χ3n) is 5.46. The Labute approximate surface area is 191 Å². The summed E-state index contributed by atoms with van der Waals surface area (Å²) in [7, 11) is 1.79. The standard InChI is InChI=1S/C22H25ClN6O3/c1-29-9-8-24-20-19-15(22(31)28-21(19)27-13-26-20)12-25-14-6-7-16(23)17(11-14)32-10-4-2-3-5-18(29)30/h6-7,11-13,15H,2-5,8-10H2,1H3,(H2,24,26,27,28,31). The first-order valence-electron chi connectivity index (χ1n) is 10.6. The van der Waals surface area contributed by atoms with Crippen LogP contribution in [0.2, 0.25) is 5.02 Å². The summed E-state index contributed by atoms with van der Waals surface area (Å²) in [5.41, 5.74) is 1.26. The monoisotopic (exact) mass is 456 g/mol. The quantitative estimate of drug-likeness (QED) is 0.629. The molecule has 10 heteroatoms. The van der Waals surface area contributed by atoms with Crippen molar-refractivity contribution in [3.63, 3.8) is 0 Å². The highest BCUT2D eigenvalue weighted by atomic mass is 35.5. The molecule has 9 nitrogen and oxygen atoms in total. The fourth-order valence-corrected chi connectivity index (χ4v) is 3.81. The molecular weight excluding hydrogens is 432 g/mol. The normalized spacial score (nSPS) is 19.7. The van der Waals surface area contributed by atoms with E-state index in [1.54, 1.807) is 36.4 Å². The summed E-state index contributed by atoms with van der Waals surface area (Å²) in [6.45, 7) is 1.52. The zero-order valence-corrected chi connectivity index (χ0v) is 18.6. The Hall–Kier alpha value is -3.20. The van der Waals surface area contributed by atoms with Gasteiger partial charge in [0.15, 0.2) is 0 Å². The summed E-state index contributed by atoms with van der Waals surface area (Å²) >= 11 is 6.26. The SMILES string of the molecule is CN1CCNc2ncnc3c2C(C=Nc2ccc(Cl)c(c2)OCCCCCC1=O)C(=O)N3. The van der Waals surface area contributed by atoms with Gasteiger partial charge in [-0.05, 0) is 31.4 Å². The van der Waals surface area contributed by atoms with E-state index >= 15 is 0 Å². The molecule has 2 bridgehead atoms. The summed E-state index contributed by atoms with van der Waals surface area (Å²) in [5, 5.41) is 6.51. The summed E-state index contributed by atoms with van der Waals surface area (Å²) < 4.78 is 5.82. The molecule has 2 N–H and O–H groups in total. The molecule has 0 aliphatic carbocycles. The smallest absolute Gasteiger partial charge is 0.238 e. The molecule has 1 atom stereocenters. The molecule has 0 saturated heterocycles. The number of carbonyl (C=O) groups is 2. The van der Waals surface area contributed by atoms with E-state index in [1.807, 2.05) is 0 Å². The zero-order valence-electron chi connectivity index (χ0n) is 17.8. The van der Waals surface area contributed by atoms with Gasteiger partial charge in [0, 0.05) is 38.8 Å². The first-order valence-corrected chi connectivity index (χ1v) is 11.0. The van der Waals surface area contributed by atoms with Crippen LogP contribution in [0, 0.1) is 0 Å². The van der Waals surface area contributed by atoms with E-state index in [2.05, 4.69) is 25.6 Å². The van der Waals surface area contributed by atoms with E-state index in [-0.39, 0.29) is 11.8 Å². The van der Waals surface area contributed by atoms with Crippen LogP contribution >= 0.6 is 11.6 Å². The van der Waals surface area contributed by atoms with Crippen LogP contribution in [-0.4, -0.2) is 59.6 Å². The maximum atomic E-state index is 12.6. The first kappa shape index (κ1) is 22.0. The molecule has 2 aliphatic rings. The Morgan fingerprint density at radius 1 is 1.16 bits per heavy atom. The van der Waals surface area contributed by atoms with E-state index < -0.39 is 5.92 Å². The van der Waals surface area contributed by atoms with Gasteiger partial charge in [-0.1, -0.05) is 11.6 Å². The second-order valence-electron chi connectivity index (χ2n) is 7.75. The fraction of sp³-hybridized carbons (Fsp3) is 0.409. The molecule has 0 radical (unpaired) electrons. The number of hydrogen-bond donors (Lipinski definition) is 2. The van der Waals surface area contributed by atoms with Crippen molar-refractivity contribution in [2.24, 2.45) is 4.99 Å². The van der Waals surface area contributed by atoms with Crippen molar-refractivity contribution in [2.75, 3.05) is 37.4 Å². The van der Waals surface area contributed by atoms with Gasteiger partial charge >= 0.3 is 0 Å². The van der Waals surface area contributed by atoms with Gasteiger partial charge in [0.25, 0.3) is 0 Å². The summed E-state index contributed by atoms with van der Waals surface area (Å²) in [6, 6.07) is 5.24. The minimum atomic E-state index is -0.643. The minimum Gasteiger partial charge on any atom is -0.492 e. The lowest BCUT2D eigenvalue weighted by Gasteiger charge is -2.18. The number of hydrogen-bond acceptors (Lipinski definition) is 7. The molecule has 1 aromatic heterocycles. The number of ether oxygens (including phenoxy) is 1. The number of aliphatic imine (C=N–C) groups is 1. The van der Waals surface area contributed by atoms with Crippen LogP contribution in [0.3, 0.4) is 0 Å². The summed E-state index contributed by atoms with van der Waals surface area (Å²) in [6.07, 6.45) is 5.97. The third-order valence-corrected chi connectivity index (χ3v) is 5.78. The number of halogens is 1. The number of fused-ring (bicyclic) bond motifs is 2. The van der Waals surface area contributed by atoms with Crippen LogP contribution < -0.4 is 15.4 Å². The van der Waals surface area contributed by atoms with Crippen molar-refractivity contribution in [1.29, 1.82) is 0 Å². The van der Waals surface area contributed by atoms with Crippen molar-refractivity contribution in [1.82, 2.24) is 14.9 Å². The predicted octanol–water partition coefficient (Wildman–Crippen LogP) is 3.39. The highest BCUT2D eigenvalue weighted by molar-refractivity contribution is 6.32. The van der Waals surface area contributed by atoms with Crippen LogP contribution in [-0.2, 0) is 9.59 Å². The maximum Gasteiger partial charge on any atom is 0.238 e. The van der Waals surface area contributed by atoms with E-state index in [4.69, 9.17) is 16.3 Å².